The number of aryl methyl sites for hydroxylation is 1. The predicted octanol–water partition coefficient (Wildman–Crippen LogP) is 2.06. The van der Waals surface area contributed by atoms with Crippen LogP contribution < -0.4 is 4.90 Å². The van der Waals surface area contributed by atoms with Crippen LogP contribution in [-0.2, 0) is 9.59 Å². The Balaban J connectivity index is 2.37. The quantitative estimate of drug-likeness (QED) is 0.731. The molecule has 1 fully saturated rings. The number of carbonyl (C=O) groups excluding carboxylic acids is 2. The number of Topliss-reactive ketones (excluding diaryl/α,β-unsaturated/α-hetero) is 1. The van der Waals surface area contributed by atoms with Crippen molar-refractivity contribution in [3.05, 3.63) is 28.2 Å². The summed E-state index contributed by atoms with van der Waals surface area (Å²) in [5.41, 5.74) is 1.85. The minimum Gasteiger partial charge on any atom is -0.305 e. The van der Waals surface area contributed by atoms with E-state index in [0.717, 1.165) is 15.7 Å². The van der Waals surface area contributed by atoms with Crippen molar-refractivity contribution < 1.29 is 9.59 Å². The van der Waals surface area contributed by atoms with Gasteiger partial charge in [0.1, 0.15) is 0 Å². The highest BCUT2D eigenvalue weighted by molar-refractivity contribution is 9.10. The van der Waals surface area contributed by atoms with Crippen molar-refractivity contribution in [1.82, 2.24) is 0 Å². The molecular formula is C11H10BrNO2. The van der Waals surface area contributed by atoms with Gasteiger partial charge in [0.15, 0.2) is 5.78 Å². The van der Waals surface area contributed by atoms with Gasteiger partial charge in [0, 0.05) is 10.2 Å². The molecule has 3 nitrogen and oxygen atoms in total. The maximum atomic E-state index is 11.5. The average molecular weight is 268 g/mol. The van der Waals surface area contributed by atoms with Gasteiger partial charge in [-0.05, 0) is 30.7 Å². The number of nitrogens with zero attached hydrogens (tertiary/aromatic N) is 1. The predicted molar refractivity (Wildman–Crippen MR) is 60.9 cm³/mol. The maximum Gasteiger partial charge on any atom is 0.234 e. The van der Waals surface area contributed by atoms with Crippen molar-refractivity contribution in [3.8, 4) is 0 Å². The van der Waals surface area contributed by atoms with Gasteiger partial charge in [-0.15, -0.1) is 0 Å². The van der Waals surface area contributed by atoms with Crippen LogP contribution in [0.2, 0.25) is 0 Å². The van der Waals surface area contributed by atoms with Crippen molar-refractivity contribution in [2.75, 3.05) is 11.4 Å². The van der Waals surface area contributed by atoms with Gasteiger partial charge in [0.2, 0.25) is 5.91 Å². The summed E-state index contributed by atoms with van der Waals surface area (Å²) in [7, 11) is 0. The number of anilines is 1. The van der Waals surface area contributed by atoms with Crippen molar-refractivity contribution in [3.63, 3.8) is 0 Å². The summed E-state index contributed by atoms with van der Waals surface area (Å²) < 4.78 is 0.921. The van der Waals surface area contributed by atoms with E-state index in [4.69, 9.17) is 0 Å². The summed E-state index contributed by atoms with van der Waals surface area (Å²) in [6, 6.07) is 5.72. The molecule has 1 saturated heterocycles. The molecule has 1 amide bonds. The van der Waals surface area contributed by atoms with E-state index in [1.165, 1.54) is 4.90 Å². The second kappa shape index (κ2) is 3.77. The van der Waals surface area contributed by atoms with Gasteiger partial charge in [-0.1, -0.05) is 15.9 Å². The topological polar surface area (TPSA) is 37.4 Å². The molecule has 0 radical (unpaired) electrons. The number of halogens is 1. The number of hydrogen-bond acceptors (Lipinski definition) is 2. The van der Waals surface area contributed by atoms with Crippen molar-refractivity contribution in [2.24, 2.45) is 0 Å². The Morgan fingerprint density at radius 3 is 2.53 bits per heavy atom. The number of rotatable bonds is 1. The monoisotopic (exact) mass is 267 g/mol. The van der Waals surface area contributed by atoms with Crippen molar-refractivity contribution in [1.29, 1.82) is 0 Å². The third-order valence-corrected chi connectivity index (χ3v) is 2.78. The molecule has 0 aliphatic carbocycles. The SMILES string of the molecule is Cc1cc(Br)cc(N2CC(=O)CC2=O)c1. The molecule has 1 aromatic rings. The normalized spacial score (nSPS) is 16.3. The third kappa shape index (κ3) is 2.09. The lowest BCUT2D eigenvalue weighted by molar-refractivity contribution is -0.121. The summed E-state index contributed by atoms with van der Waals surface area (Å²) in [6.07, 6.45) is 0.0333. The van der Waals surface area contributed by atoms with Crippen LogP contribution in [0.15, 0.2) is 22.7 Å². The molecule has 0 unspecified atom stereocenters. The average Bonchev–Trinajstić information content (AvgIpc) is 2.43. The number of amides is 1. The third-order valence-electron chi connectivity index (χ3n) is 2.32. The Kier molecular flexibility index (Phi) is 2.61. The molecule has 0 aromatic heterocycles. The number of hydrogen-bond donors (Lipinski definition) is 0. The summed E-state index contributed by atoms with van der Waals surface area (Å²) in [5.74, 6) is -0.130. The first-order valence-corrected chi connectivity index (χ1v) is 5.45. The molecule has 0 saturated carbocycles. The van der Waals surface area contributed by atoms with E-state index in [2.05, 4.69) is 15.9 Å². The van der Waals surface area contributed by atoms with Crippen LogP contribution in [0.5, 0.6) is 0 Å². The van der Waals surface area contributed by atoms with Crippen molar-refractivity contribution >= 4 is 33.3 Å². The molecule has 1 aliphatic rings. The lowest BCUT2D eigenvalue weighted by Gasteiger charge is -2.15. The first-order chi connectivity index (χ1) is 7.06. The number of ketones is 1. The van der Waals surface area contributed by atoms with Gasteiger partial charge in [0.05, 0.1) is 13.0 Å². The smallest absolute Gasteiger partial charge is 0.234 e. The zero-order valence-electron chi connectivity index (χ0n) is 8.29. The minimum atomic E-state index is -0.113. The van der Waals surface area contributed by atoms with E-state index in [-0.39, 0.29) is 24.7 Å². The van der Waals surface area contributed by atoms with Gasteiger partial charge >= 0.3 is 0 Å². The Morgan fingerprint density at radius 2 is 2.00 bits per heavy atom. The minimum absolute atomic E-state index is 0.0161. The molecule has 1 heterocycles. The highest BCUT2D eigenvalue weighted by Crippen LogP contribution is 2.25. The molecule has 2 rings (SSSR count). The summed E-state index contributed by atoms with van der Waals surface area (Å²) in [4.78, 5) is 24.2. The van der Waals surface area contributed by atoms with Gasteiger partial charge in [-0.2, -0.15) is 0 Å². The zero-order valence-corrected chi connectivity index (χ0v) is 9.87. The highest BCUT2D eigenvalue weighted by Gasteiger charge is 2.28. The lowest BCUT2D eigenvalue weighted by atomic mass is 10.2. The maximum absolute atomic E-state index is 11.5. The van der Waals surface area contributed by atoms with Gasteiger partial charge in [0.25, 0.3) is 0 Å². The van der Waals surface area contributed by atoms with Crippen LogP contribution >= 0.6 is 15.9 Å². The van der Waals surface area contributed by atoms with E-state index in [9.17, 15) is 9.59 Å². The van der Waals surface area contributed by atoms with Crippen LogP contribution in [0.3, 0.4) is 0 Å². The summed E-state index contributed by atoms with van der Waals surface area (Å²) in [6.45, 7) is 2.16. The van der Waals surface area contributed by atoms with Gasteiger partial charge in [-0.25, -0.2) is 0 Å². The molecule has 0 bridgehead atoms. The van der Waals surface area contributed by atoms with E-state index in [1.54, 1.807) is 0 Å². The molecule has 0 N–H and O–H groups in total. The second-order valence-electron chi connectivity index (χ2n) is 3.68. The molecule has 1 aromatic carbocycles. The van der Waals surface area contributed by atoms with Gasteiger partial charge < -0.3 is 4.90 Å². The Hall–Kier alpha value is -1.16. The first kappa shape index (κ1) is 10.4. The van der Waals surface area contributed by atoms with E-state index < -0.39 is 0 Å². The fourth-order valence-corrected chi connectivity index (χ4v) is 2.29. The van der Waals surface area contributed by atoms with Gasteiger partial charge in [-0.3, -0.25) is 9.59 Å². The molecular weight excluding hydrogens is 258 g/mol. The highest BCUT2D eigenvalue weighted by atomic mass is 79.9. The summed E-state index contributed by atoms with van der Waals surface area (Å²) in [5, 5.41) is 0. The Bertz CT molecular complexity index is 422. The Labute approximate surface area is 96.2 Å². The fourth-order valence-electron chi connectivity index (χ4n) is 1.69. The zero-order chi connectivity index (χ0) is 11.0. The van der Waals surface area contributed by atoms with Crippen LogP contribution in [0.1, 0.15) is 12.0 Å². The van der Waals surface area contributed by atoms with Crippen LogP contribution in [-0.4, -0.2) is 18.2 Å². The first-order valence-electron chi connectivity index (χ1n) is 4.65. The van der Waals surface area contributed by atoms with E-state index in [1.807, 2.05) is 25.1 Å². The fraction of sp³-hybridized carbons (Fsp3) is 0.273. The van der Waals surface area contributed by atoms with Crippen LogP contribution in [0.4, 0.5) is 5.69 Å². The molecule has 4 heteroatoms. The Morgan fingerprint density at radius 1 is 1.27 bits per heavy atom. The molecule has 0 spiro atoms. The van der Waals surface area contributed by atoms with Crippen LogP contribution in [0, 0.1) is 6.92 Å². The van der Waals surface area contributed by atoms with E-state index >= 15 is 0 Å². The van der Waals surface area contributed by atoms with E-state index in [0.29, 0.717) is 0 Å². The lowest BCUT2D eigenvalue weighted by Crippen LogP contribution is -2.24. The largest absolute Gasteiger partial charge is 0.305 e. The van der Waals surface area contributed by atoms with Crippen LogP contribution in [0.25, 0.3) is 0 Å². The number of benzene rings is 1. The number of carbonyl (C=O) groups is 2. The standard InChI is InChI=1S/C11H10BrNO2/c1-7-2-8(12)4-9(3-7)13-6-10(14)5-11(13)15/h2-4H,5-6H2,1H3. The molecule has 78 valence electrons. The second-order valence-corrected chi connectivity index (χ2v) is 4.60. The molecule has 15 heavy (non-hydrogen) atoms. The summed E-state index contributed by atoms with van der Waals surface area (Å²) >= 11 is 3.37. The molecule has 1 aliphatic heterocycles. The van der Waals surface area contributed by atoms with Crippen molar-refractivity contribution in [2.45, 2.75) is 13.3 Å². The molecule has 0 atom stereocenters.